The second kappa shape index (κ2) is 20.0. The lowest BCUT2D eigenvalue weighted by Gasteiger charge is -2.25. The first-order valence-corrected chi connectivity index (χ1v) is 7.14. The molecule has 8 nitrogen and oxygen atoms in total. The van der Waals surface area contributed by atoms with E-state index >= 15 is 0 Å². The number of hydrogen-bond acceptors (Lipinski definition) is 8. The minimum absolute atomic E-state index is 0.0858. The van der Waals surface area contributed by atoms with Crippen molar-refractivity contribution >= 4 is 24.3 Å². The van der Waals surface area contributed by atoms with Crippen LogP contribution < -0.4 is 0 Å². The third-order valence-corrected chi connectivity index (χ3v) is 2.99. The SMILES string of the molecule is CC(C)(c1ccccc1)c1ccccc1.N=C=O.N=C=O.N=C=O.N=C=O. The number of isocyanates is 4. The first kappa shape index (κ1) is 27.8. The van der Waals surface area contributed by atoms with Crippen LogP contribution in [0.2, 0.25) is 0 Å². The molecule has 0 radical (unpaired) electrons. The lowest BCUT2D eigenvalue weighted by atomic mass is 9.78. The number of nitrogens with one attached hydrogen (secondary N) is 4. The lowest BCUT2D eigenvalue weighted by molar-refractivity contribution is 0.562. The second-order valence-electron chi connectivity index (χ2n) is 4.77. The normalized spacial score (nSPS) is 7.48. The maximum absolute atomic E-state index is 8.35. The molecule has 0 amide bonds. The van der Waals surface area contributed by atoms with E-state index in [-0.39, 0.29) is 5.41 Å². The van der Waals surface area contributed by atoms with Crippen molar-refractivity contribution in [1.82, 2.24) is 0 Å². The Balaban J connectivity index is -0.000000400. The molecule has 0 spiro atoms. The van der Waals surface area contributed by atoms with Crippen LogP contribution >= 0.6 is 0 Å². The Morgan fingerprint density at radius 3 is 0.926 bits per heavy atom. The van der Waals surface area contributed by atoms with Gasteiger partial charge in [-0.15, -0.1) is 0 Å². The molecule has 0 saturated carbocycles. The molecule has 2 rings (SSSR count). The van der Waals surface area contributed by atoms with Crippen molar-refractivity contribution in [1.29, 1.82) is 21.6 Å². The van der Waals surface area contributed by atoms with Gasteiger partial charge in [0.15, 0.2) is 0 Å². The van der Waals surface area contributed by atoms with E-state index in [4.69, 9.17) is 40.8 Å². The first-order chi connectivity index (χ1) is 12.9. The summed E-state index contributed by atoms with van der Waals surface area (Å²) < 4.78 is 0. The van der Waals surface area contributed by atoms with Gasteiger partial charge in [0.25, 0.3) is 0 Å². The molecule has 0 aliphatic rings. The molecule has 140 valence electrons. The maximum atomic E-state index is 8.35. The van der Waals surface area contributed by atoms with E-state index in [1.54, 1.807) is 0 Å². The predicted molar refractivity (Wildman–Crippen MR) is 98.7 cm³/mol. The summed E-state index contributed by atoms with van der Waals surface area (Å²) in [5, 5.41) is 21.6. The molecule has 8 heteroatoms. The van der Waals surface area contributed by atoms with Crippen LogP contribution in [0.15, 0.2) is 60.7 Å². The summed E-state index contributed by atoms with van der Waals surface area (Å²) in [6.07, 6.45) is 3.00. The van der Waals surface area contributed by atoms with Gasteiger partial charge in [-0.25, -0.2) is 40.8 Å². The summed E-state index contributed by atoms with van der Waals surface area (Å²) >= 11 is 0. The van der Waals surface area contributed by atoms with E-state index in [1.807, 2.05) is 0 Å². The monoisotopic (exact) mass is 368 g/mol. The average molecular weight is 368 g/mol. The zero-order valence-electron chi connectivity index (χ0n) is 14.9. The Hall–Kier alpha value is -4.04. The van der Waals surface area contributed by atoms with Gasteiger partial charge in [-0.05, 0) is 11.1 Å². The molecule has 4 N–H and O–H groups in total. The molecule has 0 aromatic heterocycles. The van der Waals surface area contributed by atoms with E-state index in [1.165, 1.54) is 11.1 Å². The second-order valence-corrected chi connectivity index (χ2v) is 4.77. The molecule has 0 aliphatic carbocycles. The highest BCUT2D eigenvalue weighted by Crippen LogP contribution is 2.30. The van der Waals surface area contributed by atoms with Gasteiger partial charge in [0, 0.05) is 5.41 Å². The van der Waals surface area contributed by atoms with Gasteiger partial charge < -0.3 is 0 Å². The smallest absolute Gasteiger partial charge is 0.222 e. The average Bonchev–Trinajstić information content (AvgIpc) is 2.66. The Labute approximate surface area is 156 Å². The van der Waals surface area contributed by atoms with Crippen LogP contribution in [0.3, 0.4) is 0 Å². The van der Waals surface area contributed by atoms with Gasteiger partial charge in [0.1, 0.15) is 0 Å². The Morgan fingerprint density at radius 2 is 0.741 bits per heavy atom. The summed E-state index contributed by atoms with van der Waals surface area (Å²) in [6.45, 7) is 4.52. The van der Waals surface area contributed by atoms with Crippen molar-refractivity contribution in [3.63, 3.8) is 0 Å². The molecule has 0 aliphatic heterocycles. The number of hydrogen-bond donors (Lipinski definition) is 4. The highest BCUT2D eigenvalue weighted by Gasteiger charge is 2.21. The zero-order chi connectivity index (χ0) is 21.6. The fourth-order valence-electron chi connectivity index (χ4n) is 1.88. The van der Waals surface area contributed by atoms with Crippen molar-refractivity contribution in [2.75, 3.05) is 0 Å². The van der Waals surface area contributed by atoms with Crippen LogP contribution in [-0.2, 0) is 24.6 Å². The molecule has 0 unspecified atom stereocenters. The van der Waals surface area contributed by atoms with E-state index in [0.29, 0.717) is 0 Å². The van der Waals surface area contributed by atoms with Crippen molar-refractivity contribution in [3.8, 4) is 0 Å². The van der Waals surface area contributed by atoms with Crippen LogP contribution in [-0.4, -0.2) is 24.3 Å². The first-order valence-electron chi connectivity index (χ1n) is 7.14. The van der Waals surface area contributed by atoms with Gasteiger partial charge in [-0.1, -0.05) is 74.5 Å². The fourth-order valence-corrected chi connectivity index (χ4v) is 1.88. The summed E-state index contributed by atoms with van der Waals surface area (Å²) in [5.41, 5.74) is 2.80. The molecule has 0 heterocycles. The van der Waals surface area contributed by atoms with Crippen molar-refractivity contribution < 1.29 is 19.2 Å². The Morgan fingerprint density at radius 1 is 0.556 bits per heavy atom. The van der Waals surface area contributed by atoms with Crippen molar-refractivity contribution in [2.45, 2.75) is 19.3 Å². The van der Waals surface area contributed by atoms with Gasteiger partial charge in [-0.3, -0.25) is 0 Å². The van der Waals surface area contributed by atoms with Crippen LogP contribution in [0.25, 0.3) is 0 Å². The molecular formula is C19H20N4O4. The van der Waals surface area contributed by atoms with E-state index in [2.05, 4.69) is 74.5 Å². The van der Waals surface area contributed by atoms with E-state index < -0.39 is 0 Å². The number of benzene rings is 2. The molecular weight excluding hydrogens is 348 g/mol. The van der Waals surface area contributed by atoms with Crippen molar-refractivity contribution in [3.05, 3.63) is 71.8 Å². The van der Waals surface area contributed by atoms with Gasteiger partial charge in [0.2, 0.25) is 24.3 Å². The molecule has 0 bridgehead atoms. The van der Waals surface area contributed by atoms with Crippen LogP contribution in [0.5, 0.6) is 0 Å². The van der Waals surface area contributed by atoms with Gasteiger partial charge in [-0.2, -0.15) is 0 Å². The molecule has 0 saturated heterocycles. The maximum Gasteiger partial charge on any atom is 0.231 e. The Kier molecular flexibility index (Phi) is 20.6. The van der Waals surface area contributed by atoms with E-state index in [9.17, 15) is 0 Å². The predicted octanol–water partition coefficient (Wildman–Crippen LogP) is 3.62. The largest absolute Gasteiger partial charge is 0.231 e. The fraction of sp³-hybridized carbons (Fsp3) is 0.158. The molecule has 27 heavy (non-hydrogen) atoms. The third-order valence-electron chi connectivity index (χ3n) is 2.99. The highest BCUT2D eigenvalue weighted by atomic mass is 16.1. The van der Waals surface area contributed by atoms with Gasteiger partial charge in [0.05, 0.1) is 0 Å². The molecule has 2 aromatic carbocycles. The summed E-state index contributed by atoms with van der Waals surface area (Å²) in [5.74, 6) is 0. The van der Waals surface area contributed by atoms with E-state index in [0.717, 1.165) is 24.3 Å². The third kappa shape index (κ3) is 15.2. The van der Waals surface area contributed by atoms with Crippen LogP contribution in [0.4, 0.5) is 0 Å². The number of carbonyl (C=O) groups excluding carboxylic acids is 4. The lowest BCUT2D eigenvalue weighted by Crippen LogP contribution is -2.18. The molecule has 2 aromatic rings. The van der Waals surface area contributed by atoms with Gasteiger partial charge >= 0.3 is 0 Å². The minimum atomic E-state index is 0.0858. The summed E-state index contributed by atoms with van der Waals surface area (Å²) in [4.78, 5) is 33.4. The minimum Gasteiger partial charge on any atom is -0.222 e. The van der Waals surface area contributed by atoms with Crippen LogP contribution in [0.1, 0.15) is 25.0 Å². The molecule has 0 atom stereocenters. The summed E-state index contributed by atoms with van der Waals surface area (Å²) in [7, 11) is 0. The van der Waals surface area contributed by atoms with Crippen LogP contribution in [0, 0.1) is 21.6 Å². The topological polar surface area (TPSA) is 164 Å². The zero-order valence-corrected chi connectivity index (χ0v) is 14.9. The Bertz CT molecular complexity index is 661. The van der Waals surface area contributed by atoms with Crippen molar-refractivity contribution in [2.24, 2.45) is 0 Å². The summed E-state index contributed by atoms with van der Waals surface area (Å²) in [6, 6.07) is 21.3. The number of rotatable bonds is 2. The standard InChI is InChI=1S/C15H16.4CHNO/c1-15(2,13-9-5-3-6-10-13)14-11-7-4-8-12-14;4*2-1-3/h3-12H,1-2H3;4*2H. The highest BCUT2D eigenvalue weighted by molar-refractivity contribution is 5.36. The molecule has 0 fully saturated rings. The quantitative estimate of drug-likeness (QED) is 0.470.